The molecule has 0 fully saturated rings. The van der Waals surface area contributed by atoms with E-state index >= 15 is 0 Å². The van der Waals surface area contributed by atoms with Crippen molar-refractivity contribution in [3.63, 3.8) is 0 Å². The molecule has 0 amide bonds. The van der Waals surface area contributed by atoms with Crippen LogP contribution in [0.3, 0.4) is 0 Å². The fraction of sp³-hybridized carbons (Fsp3) is 0.250. The van der Waals surface area contributed by atoms with Gasteiger partial charge in [0.2, 0.25) is 0 Å². The molecular weight excluding hydrogens is 149 g/mol. The van der Waals surface area contributed by atoms with Crippen molar-refractivity contribution in [1.29, 1.82) is 0 Å². The van der Waals surface area contributed by atoms with Crippen molar-refractivity contribution in [1.82, 2.24) is 14.6 Å². The molecule has 0 aliphatic carbocycles. The van der Waals surface area contributed by atoms with Crippen LogP contribution >= 0.6 is 0 Å². The Morgan fingerprint density at radius 1 is 1.42 bits per heavy atom. The lowest BCUT2D eigenvalue weighted by atomic mass is 10.0. The van der Waals surface area contributed by atoms with Gasteiger partial charge in [-0.05, 0) is 25.5 Å². The molecule has 12 heavy (non-hydrogen) atoms. The van der Waals surface area contributed by atoms with Crippen molar-refractivity contribution in [2.24, 2.45) is 0 Å². The molecule has 0 atom stereocenters. The van der Waals surface area contributed by atoms with E-state index in [0.29, 0.717) is 5.59 Å². The summed E-state index contributed by atoms with van der Waals surface area (Å²) in [4.78, 5) is 4.30. The van der Waals surface area contributed by atoms with E-state index in [2.05, 4.69) is 10.1 Å². The van der Waals surface area contributed by atoms with Crippen LogP contribution < -0.4 is 5.59 Å². The molecule has 0 N–H and O–H groups in total. The average molecular weight is 157 g/mol. The van der Waals surface area contributed by atoms with Gasteiger partial charge in [0.1, 0.15) is 7.85 Å². The second-order valence-electron chi connectivity index (χ2n) is 2.90. The summed E-state index contributed by atoms with van der Waals surface area (Å²) in [6.07, 6.45) is 1.86. The highest BCUT2D eigenvalue weighted by Crippen LogP contribution is 2.05. The zero-order valence-corrected chi connectivity index (χ0v) is 7.07. The van der Waals surface area contributed by atoms with Gasteiger partial charge in [0.15, 0.2) is 5.65 Å². The predicted molar refractivity (Wildman–Crippen MR) is 47.8 cm³/mol. The fourth-order valence-corrected chi connectivity index (χ4v) is 1.27. The molecule has 2 aromatic rings. The summed E-state index contributed by atoms with van der Waals surface area (Å²) in [6.45, 7) is 3.91. The van der Waals surface area contributed by atoms with E-state index in [4.69, 9.17) is 7.85 Å². The van der Waals surface area contributed by atoms with Gasteiger partial charge >= 0.3 is 0 Å². The van der Waals surface area contributed by atoms with Crippen LogP contribution in [0.1, 0.15) is 11.3 Å². The number of fused-ring (bicyclic) bond motifs is 1. The van der Waals surface area contributed by atoms with Crippen molar-refractivity contribution in [3.05, 3.63) is 23.5 Å². The minimum absolute atomic E-state index is 0.525. The number of imidazole rings is 1. The van der Waals surface area contributed by atoms with Crippen LogP contribution in [0.4, 0.5) is 0 Å². The molecule has 3 nitrogen and oxygen atoms in total. The van der Waals surface area contributed by atoms with Crippen LogP contribution in [-0.2, 0) is 0 Å². The third-order valence-corrected chi connectivity index (χ3v) is 1.75. The maximum atomic E-state index is 5.57. The third-order valence-electron chi connectivity index (χ3n) is 1.75. The highest BCUT2D eigenvalue weighted by molar-refractivity contribution is 6.30. The first-order chi connectivity index (χ1) is 5.66. The number of hydrogen-bond acceptors (Lipinski definition) is 2. The summed E-state index contributed by atoms with van der Waals surface area (Å²) in [5.74, 6) is 0. The van der Waals surface area contributed by atoms with E-state index < -0.39 is 0 Å². The van der Waals surface area contributed by atoms with Gasteiger partial charge in [-0.15, -0.1) is 0 Å². The van der Waals surface area contributed by atoms with Crippen molar-refractivity contribution in [2.75, 3.05) is 0 Å². The van der Waals surface area contributed by atoms with Gasteiger partial charge < -0.3 is 0 Å². The van der Waals surface area contributed by atoms with Crippen molar-refractivity contribution in [3.8, 4) is 0 Å². The topological polar surface area (TPSA) is 30.2 Å². The molecule has 0 saturated heterocycles. The summed E-state index contributed by atoms with van der Waals surface area (Å²) in [5.41, 5.74) is 3.41. The molecule has 4 heteroatoms. The van der Waals surface area contributed by atoms with Crippen LogP contribution in [0.15, 0.2) is 12.3 Å². The molecule has 0 aromatic carbocycles. The summed E-state index contributed by atoms with van der Waals surface area (Å²) in [7, 11) is 5.57. The predicted octanol–water partition coefficient (Wildman–Crippen LogP) is 0.140. The molecule has 0 saturated carbocycles. The van der Waals surface area contributed by atoms with E-state index in [-0.39, 0.29) is 0 Å². The van der Waals surface area contributed by atoms with Crippen LogP contribution in [0.2, 0.25) is 0 Å². The van der Waals surface area contributed by atoms with E-state index in [1.54, 1.807) is 4.52 Å². The van der Waals surface area contributed by atoms with Crippen LogP contribution in [0.5, 0.6) is 0 Å². The molecule has 2 aromatic heterocycles. The highest BCUT2D eigenvalue weighted by atomic mass is 15.2. The van der Waals surface area contributed by atoms with Crippen LogP contribution in [-0.4, -0.2) is 22.4 Å². The van der Waals surface area contributed by atoms with Gasteiger partial charge in [0.25, 0.3) is 0 Å². The molecule has 2 radical (unpaired) electrons. The van der Waals surface area contributed by atoms with Gasteiger partial charge in [-0.25, -0.2) is 9.50 Å². The number of aromatic nitrogens is 3. The fourth-order valence-electron chi connectivity index (χ4n) is 1.27. The first-order valence-electron chi connectivity index (χ1n) is 3.76. The Labute approximate surface area is 71.8 Å². The van der Waals surface area contributed by atoms with E-state index in [0.717, 1.165) is 16.9 Å². The Morgan fingerprint density at radius 2 is 2.17 bits per heavy atom. The molecule has 58 valence electrons. The summed E-state index contributed by atoms with van der Waals surface area (Å²) >= 11 is 0. The van der Waals surface area contributed by atoms with Gasteiger partial charge in [-0.1, -0.05) is 0 Å². The summed E-state index contributed by atoms with van der Waals surface area (Å²) < 4.78 is 1.71. The van der Waals surface area contributed by atoms with Crippen LogP contribution in [0.25, 0.3) is 5.65 Å². The Balaban J connectivity index is 2.88. The van der Waals surface area contributed by atoms with Gasteiger partial charge in [0, 0.05) is 5.59 Å². The minimum atomic E-state index is 0.525. The quantitative estimate of drug-likeness (QED) is 0.509. The average Bonchev–Trinajstić information content (AvgIpc) is 2.29. The van der Waals surface area contributed by atoms with E-state index in [1.807, 2.05) is 26.1 Å². The zero-order valence-electron chi connectivity index (χ0n) is 7.07. The highest BCUT2D eigenvalue weighted by Gasteiger charge is 2.01. The first-order valence-corrected chi connectivity index (χ1v) is 3.76. The SMILES string of the molecule is [B]c1cc(C)c2nc(C)cn2n1. The number of rotatable bonds is 0. The Bertz CT molecular complexity index is 433. The van der Waals surface area contributed by atoms with Gasteiger partial charge in [-0.2, -0.15) is 5.10 Å². The molecule has 0 spiro atoms. The Kier molecular flexibility index (Phi) is 1.43. The minimum Gasteiger partial charge on any atom is -0.232 e. The van der Waals surface area contributed by atoms with Gasteiger partial charge in [0.05, 0.1) is 11.9 Å². The molecule has 2 rings (SSSR count). The lowest BCUT2D eigenvalue weighted by molar-refractivity contribution is 0.949. The summed E-state index contributed by atoms with van der Waals surface area (Å²) in [5, 5.41) is 4.09. The standard InChI is InChI=1S/C8H8BN3/c1-5-3-7(9)11-12-4-6(2)10-8(5)12/h3-4H,1-2H3. The van der Waals surface area contributed by atoms with Crippen molar-refractivity contribution in [2.45, 2.75) is 13.8 Å². The Hall–Kier alpha value is -1.32. The smallest absolute Gasteiger partial charge is 0.156 e. The van der Waals surface area contributed by atoms with E-state index in [9.17, 15) is 0 Å². The number of nitrogens with zero attached hydrogens (tertiary/aromatic N) is 3. The molecule has 0 bridgehead atoms. The summed E-state index contributed by atoms with van der Waals surface area (Å²) in [6, 6.07) is 1.82. The second-order valence-corrected chi connectivity index (χ2v) is 2.90. The van der Waals surface area contributed by atoms with Crippen molar-refractivity contribution < 1.29 is 0 Å². The molecule has 0 unspecified atom stereocenters. The van der Waals surface area contributed by atoms with E-state index in [1.165, 1.54) is 0 Å². The second kappa shape index (κ2) is 2.34. The molecular formula is C8H8BN3. The maximum absolute atomic E-state index is 5.57. The number of aryl methyl sites for hydroxylation is 2. The molecule has 0 aliphatic heterocycles. The maximum Gasteiger partial charge on any atom is 0.156 e. The van der Waals surface area contributed by atoms with Crippen LogP contribution in [0, 0.1) is 13.8 Å². The monoisotopic (exact) mass is 157 g/mol. The lowest BCUT2D eigenvalue weighted by Crippen LogP contribution is -2.13. The Morgan fingerprint density at radius 3 is 2.92 bits per heavy atom. The third kappa shape index (κ3) is 0.997. The molecule has 0 aliphatic rings. The molecule has 2 heterocycles. The lowest BCUT2D eigenvalue weighted by Gasteiger charge is -1.98. The normalized spacial score (nSPS) is 10.8. The van der Waals surface area contributed by atoms with Crippen molar-refractivity contribution >= 4 is 19.1 Å². The number of hydrogen-bond donors (Lipinski definition) is 0. The largest absolute Gasteiger partial charge is 0.232 e. The zero-order chi connectivity index (χ0) is 8.72. The van der Waals surface area contributed by atoms with Gasteiger partial charge in [-0.3, -0.25) is 0 Å². The first kappa shape index (κ1) is 7.34.